The van der Waals surface area contributed by atoms with Crippen molar-refractivity contribution < 1.29 is 9.59 Å². The first-order valence-corrected chi connectivity index (χ1v) is 9.82. The molecule has 1 aliphatic rings. The van der Waals surface area contributed by atoms with E-state index in [9.17, 15) is 9.59 Å². The van der Waals surface area contributed by atoms with E-state index in [1.807, 2.05) is 35.2 Å². The molecule has 27 heavy (non-hydrogen) atoms. The number of carbonyl (C=O) groups excluding carboxylic acids is 2. The molecule has 2 aromatic rings. The molecule has 0 spiro atoms. The van der Waals surface area contributed by atoms with Crippen molar-refractivity contribution in [3.8, 4) is 0 Å². The normalized spacial score (nSPS) is 16.1. The molecule has 1 unspecified atom stereocenters. The maximum absolute atomic E-state index is 12.6. The predicted octanol–water partition coefficient (Wildman–Crippen LogP) is 3.48. The highest BCUT2D eigenvalue weighted by molar-refractivity contribution is 5.79. The van der Waals surface area contributed by atoms with E-state index < -0.39 is 6.04 Å². The maximum Gasteiger partial charge on any atom is 0.236 e. The van der Waals surface area contributed by atoms with Gasteiger partial charge in [-0.05, 0) is 41.9 Å². The second-order valence-corrected chi connectivity index (χ2v) is 7.11. The van der Waals surface area contributed by atoms with E-state index in [1.54, 1.807) is 0 Å². The lowest BCUT2D eigenvalue weighted by Crippen LogP contribution is -2.43. The Morgan fingerprint density at radius 3 is 2.44 bits per heavy atom. The molecule has 142 valence electrons. The minimum Gasteiger partial charge on any atom is -0.342 e. The Kier molecular flexibility index (Phi) is 6.77. The van der Waals surface area contributed by atoms with Crippen molar-refractivity contribution in [2.24, 2.45) is 0 Å². The molecular formula is C23H28N2O2. The Morgan fingerprint density at radius 2 is 1.78 bits per heavy atom. The first-order valence-electron chi connectivity index (χ1n) is 9.82. The van der Waals surface area contributed by atoms with E-state index in [2.05, 4.69) is 36.5 Å². The molecule has 0 aromatic heterocycles. The molecular weight excluding hydrogens is 336 g/mol. The summed E-state index contributed by atoms with van der Waals surface area (Å²) >= 11 is 0. The number of nitrogens with one attached hydrogen (secondary N) is 1. The Balaban J connectivity index is 1.52. The van der Waals surface area contributed by atoms with Gasteiger partial charge in [-0.15, -0.1) is 0 Å². The third-order valence-electron chi connectivity index (χ3n) is 5.49. The predicted molar refractivity (Wildman–Crippen MR) is 108 cm³/mol. The fourth-order valence-corrected chi connectivity index (χ4v) is 3.91. The van der Waals surface area contributed by atoms with Crippen LogP contribution in [-0.4, -0.2) is 36.7 Å². The van der Waals surface area contributed by atoms with Crippen LogP contribution < -0.4 is 5.32 Å². The van der Waals surface area contributed by atoms with Crippen LogP contribution in [0.2, 0.25) is 0 Å². The molecule has 1 aliphatic heterocycles. The summed E-state index contributed by atoms with van der Waals surface area (Å²) in [6, 6.07) is 17.7. The van der Waals surface area contributed by atoms with Crippen LogP contribution in [0.25, 0.3) is 0 Å². The molecule has 0 radical (unpaired) electrons. The van der Waals surface area contributed by atoms with Crippen LogP contribution in [0.1, 0.15) is 48.4 Å². The molecule has 0 bridgehead atoms. The van der Waals surface area contributed by atoms with Gasteiger partial charge in [0.25, 0.3) is 0 Å². The van der Waals surface area contributed by atoms with Gasteiger partial charge in [0, 0.05) is 13.1 Å². The van der Waals surface area contributed by atoms with Crippen molar-refractivity contribution in [2.75, 3.05) is 19.6 Å². The lowest BCUT2D eigenvalue weighted by atomic mass is 9.86. The molecule has 1 fully saturated rings. The number of amides is 1. The van der Waals surface area contributed by atoms with Gasteiger partial charge in [-0.2, -0.15) is 0 Å². The highest BCUT2D eigenvalue weighted by Crippen LogP contribution is 2.30. The molecule has 1 atom stereocenters. The maximum atomic E-state index is 12.6. The van der Waals surface area contributed by atoms with Gasteiger partial charge >= 0.3 is 0 Å². The number of carbonyl (C=O) groups is 2. The molecule has 1 amide bonds. The third-order valence-corrected chi connectivity index (χ3v) is 5.49. The van der Waals surface area contributed by atoms with Crippen LogP contribution in [-0.2, 0) is 16.0 Å². The average molecular weight is 364 g/mol. The van der Waals surface area contributed by atoms with Gasteiger partial charge in [0.2, 0.25) is 5.91 Å². The van der Waals surface area contributed by atoms with Gasteiger partial charge in [-0.1, -0.05) is 61.5 Å². The fraction of sp³-hybridized carbons (Fsp3) is 0.391. The van der Waals surface area contributed by atoms with Crippen molar-refractivity contribution in [1.82, 2.24) is 10.2 Å². The van der Waals surface area contributed by atoms with Crippen molar-refractivity contribution in [3.05, 3.63) is 71.3 Å². The summed E-state index contributed by atoms with van der Waals surface area (Å²) in [6.07, 6.45) is 3.90. The van der Waals surface area contributed by atoms with E-state index >= 15 is 0 Å². The topological polar surface area (TPSA) is 49.4 Å². The lowest BCUT2D eigenvalue weighted by molar-refractivity contribution is -0.131. The Hall–Kier alpha value is -2.46. The summed E-state index contributed by atoms with van der Waals surface area (Å²) in [4.78, 5) is 25.9. The molecule has 1 N–H and O–H groups in total. The zero-order valence-corrected chi connectivity index (χ0v) is 15.9. The Bertz CT molecular complexity index is 752. The van der Waals surface area contributed by atoms with Gasteiger partial charge in [0.1, 0.15) is 6.29 Å². The minimum atomic E-state index is -0.441. The van der Waals surface area contributed by atoms with Crippen LogP contribution >= 0.6 is 0 Å². The summed E-state index contributed by atoms with van der Waals surface area (Å²) in [6.45, 7) is 3.94. The van der Waals surface area contributed by atoms with Crippen molar-refractivity contribution >= 4 is 12.2 Å². The third kappa shape index (κ3) is 4.83. The molecule has 4 nitrogen and oxygen atoms in total. The number of hydrogen-bond donors (Lipinski definition) is 1. The fourth-order valence-electron chi connectivity index (χ4n) is 3.91. The van der Waals surface area contributed by atoms with E-state index in [1.165, 1.54) is 11.1 Å². The van der Waals surface area contributed by atoms with E-state index in [-0.39, 0.29) is 12.5 Å². The van der Waals surface area contributed by atoms with Crippen LogP contribution in [0.3, 0.4) is 0 Å². The van der Waals surface area contributed by atoms with Crippen molar-refractivity contribution in [1.29, 1.82) is 0 Å². The zero-order valence-electron chi connectivity index (χ0n) is 15.9. The number of aldehydes is 1. The number of piperidine rings is 1. The number of rotatable bonds is 7. The number of hydrogen-bond acceptors (Lipinski definition) is 3. The monoisotopic (exact) mass is 364 g/mol. The van der Waals surface area contributed by atoms with Crippen molar-refractivity contribution in [3.63, 3.8) is 0 Å². The SMILES string of the molecule is CCc1ccccc1C1CCN(C(=O)CNC(C=O)c2ccccc2)CC1. The standard InChI is InChI=1S/C23H28N2O2/c1-2-18-8-6-7-11-21(18)19-12-14-25(15-13-19)23(27)16-24-22(17-26)20-9-4-3-5-10-20/h3-11,17,19,22,24H,2,12-16H2,1H3. The number of benzene rings is 2. The van der Waals surface area contributed by atoms with Crippen LogP contribution in [0.15, 0.2) is 54.6 Å². The molecule has 3 rings (SSSR count). The smallest absolute Gasteiger partial charge is 0.236 e. The highest BCUT2D eigenvalue weighted by Gasteiger charge is 2.25. The molecule has 0 saturated carbocycles. The van der Waals surface area contributed by atoms with Crippen LogP contribution in [0, 0.1) is 0 Å². The minimum absolute atomic E-state index is 0.0695. The summed E-state index contributed by atoms with van der Waals surface area (Å²) in [5.41, 5.74) is 3.74. The van der Waals surface area contributed by atoms with E-state index in [4.69, 9.17) is 0 Å². The molecule has 2 aromatic carbocycles. The molecule has 1 saturated heterocycles. The average Bonchev–Trinajstić information content (AvgIpc) is 2.75. The summed E-state index contributed by atoms with van der Waals surface area (Å²) < 4.78 is 0. The summed E-state index contributed by atoms with van der Waals surface area (Å²) in [5, 5.41) is 3.08. The highest BCUT2D eigenvalue weighted by atomic mass is 16.2. The van der Waals surface area contributed by atoms with Gasteiger partial charge in [0.15, 0.2) is 0 Å². The van der Waals surface area contributed by atoms with Gasteiger partial charge in [-0.25, -0.2) is 0 Å². The molecule has 0 aliphatic carbocycles. The molecule has 1 heterocycles. The largest absolute Gasteiger partial charge is 0.342 e. The zero-order chi connectivity index (χ0) is 19.1. The van der Waals surface area contributed by atoms with E-state index in [0.29, 0.717) is 5.92 Å². The quantitative estimate of drug-likeness (QED) is 0.765. The second kappa shape index (κ2) is 9.47. The number of aryl methyl sites for hydroxylation is 1. The second-order valence-electron chi connectivity index (χ2n) is 7.11. The van der Waals surface area contributed by atoms with Gasteiger partial charge in [0.05, 0.1) is 12.6 Å². The lowest BCUT2D eigenvalue weighted by Gasteiger charge is -2.33. The summed E-state index contributed by atoms with van der Waals surface area (Å²) in [5.74, 6) is 0.602. The van der Waals surface area contributed by atoms with Crippen LogP contribution in [0.5, 0.6) is 0 Å². The van der Waals surface area contributed by atoms with E-state index in [0.717, 1.165) is 44.2 Å². The van der Waals surface area contributed by atoms with Crippen molar-refractivity contribution in [2.45, 2.75) is 38.1 Å². The van der Waals surface area contributed by atoms with Gasteiger partial charge in [-0.3, -0.25) is 10.1 Å². The van der Waals surface area contributed by atoms with Crippen LogP contribution in [0.4, 0.5) is 0 Å². The first-order chi connectivity index (χ1) is 13.2. The van der Waals surface area contributed by atoms with Gasteiger partial charge < -0.3 is 9.69 Å². The number of nitrogens with zero attached hydrogens (tertiary/aromatic N) is 1. The first kappa shape index (κ1) is 19.3. The summed E-state index contributed by atoms with van der Waals surface area (Å²) in [7, 11) is 0. The number of likely N-dealkylation sites (tertiary alicyclic amines) is 1. The Labute approximate surface area is 161 Å². The Morgan fingerprint density at radius 1 is 1.11 bits per heavy atom. The molecule has 4 heteroatoms.